The highest BCUT2D eigenvalue weighted by Gasteiger charge is 2.18. The number of nitrogens with zero attached hydrogens (tertiary/aromatic N) is 1. The van der Waals surface area contributed by atoms with Crippen molar-refractivity contribution in [2.24, 2.45) is 0 Å². The quantitative estimate of drug-likeness (QED) is 0.494. The Morgan fingerprint density at radius 1 is 1.11 bits per heavy atom. The first kappa shape index (κ1) is 21.8. The van der Waals surface area contributed by atoms with Crippen LogP contribution in [0.1, 0.15) is 23.6 Å². The van der Waals surface area contributed by atoms with Crippen LogP contribution in [0.15, 0.2) is 36.4 Å². The lowest BCUT2D eigenvalue weighted by molar-refractivity contribution is -0.116. The summed E-state index contributed by atoms with van der Waals surface area (Å²) in [6.07, 6.45) is 0.969. The highest BCUT2D eigenvalue weighted by atomic mass is 32.2. The number of carbonyl (C=O) groups is 1. The van der Waals surface area contributed by atoms with E-state index in [9.17, 15) is 17.6 Å². The number of aryl methyl sites for hydroxylation is 2. The molecule has 8 heteroatoms. The number of anilines is 1. The van der Waals surface area contributed by atoms with Crippen molar-refractivity contribution in [3.63, 3.8) is 0 Å². The molecule has 28 heavy (non-hydrogen) atoms. The van der Waals surface area contributed by atoms with E-state index >= 15 is 0 Å². The monoisotopic (exact) mass is 409 g/mol. The van der Waals surface area contributed by atoms with Gasteiger partial charge in [0.1, 0.15) is 24.8 Å². The van der Waals surface area contributed by atoms with Gasteiger partial charge in [-0.2, -0.15) is 8.42 Å². The SMILES string of the molecule is CC(=O)N(Cc1cc(C)ccc1OCCOS(C)(=O)=O)c1cc(F)ccc1C. The Hall–Kier alpha value is -2.45. The summed E-state index contributed by atoms with van der Waals surface area (Å²) < 4.78 is 46.1. The first-order chi connectivity index (χ1) is 13.1. The second kappa shape index (κ2) is 9.16. The number of rotatable bonds is 8. The number of hydrogen-bond donors (Lipinski definition) is 0. The van der Waals surface area contributed by atoms with Gasteiger partial charge in [-0.15, -0.1) is 0 Å². The van der Waals surface area contributed by atoms with E-state index in [1.54, 1.807) is 19.1 Å². The smallest absolute Gasteiger partial charge is 0.264 e. The molecule has 0 saturated carbocycles. The van der Waals surface area contributed by atoms with Gasteiger partial charge in [0, 0.05) is 18.2 Å². The molecule has 0 aliphatic rings. The first-order valence-corrected chi connectivity index (χ1v) is 10.5. The molecule has 0 aliphatic heterocycles. The summed E-state index contributed by atoms with van der Waals surface area (Å²) in [4.78, 5) is 13.7. The molecule has 0 atom stereocenters. The number of benzene rings is 2. The molecule has 0 saturated heterocycles. The lowest BCUT2D eigenvalue weighted by Crippen LogP contribution is -2.29. The van der Waals surface area contributed by atoms with Crippen molar-refractivity contribution in [1.82, 2.24) is 0 Å². The molecule has 0 bridgehead atoms. The maximum absolute atomic E-state index is 13.7. The lowest BCUT2D eigenvalue weighted by Gasteiger charge is -2.24. The van der Waals surface area contributed by atoms with E-state index in [0.29, 0.717) is 11.4 Å². The van der Waals surface area contributed by atoms with Crippen LogP contribution in [0.25, 0.3) is 0 Å². The number of ether oxygens (including phenoxy) is 1. The second-order valence-corrected chi connectivity index (χ2v) is 8.17. The molecular weight excluding hydrogens is 385 g/mol. The van der Waals surface area contributed by atoms with Gasteiger partial charge in [0.15, 0.2) is 0 Å². The van der Waals surface area contributed by atoms with Crippen molar-refractivity contribution < 1.29 is 26.5 Å². The van der Waals surface area contributed by atoms with Crippen LogP contribution in [0.2, 0.25) is 0 Å². The summed E-state index contributed by atoms with van der Waals surface area (Å²) in [5, 5.41) is 0. The van der Waals surface area contributed by atoms with Gasteiger partial charge in [0.25, 0.3) is 10.1 Å². The third-order valence-electron chi connectivity index (χ3n) is 4.02. The van der Waals surface area contributed by atoms with Gasteiger partial charge in [-0.05, 0) is 37.6 Å². The fourth-order valence-corrected chi connectivity index (χ4v) is 3.09. The molecule has 1 amide bonds. The van der Waals surface area contributed by atoms with Gasteiger partial charge in [0.2, 0.25) is 5.91 Å². The number of hydrogen-bond acceptors (Lipinski definition) is 5. The van der Waals surface area contributed by atoms with Crippen molar-refractivity contribution in [3.05, 3.63) is 58.9 Å². The Labute approximate surface area is 165 Å². The molecule has 0 aliphatic carbocycles. The second-order valence-electron chi connectivity index (χ2n) is 6.52. The fraction of sp³-hybridized carbons (Fsp3) is 0.350. The van der Waals surface area contributed by atoms with Crippen LogP contribution in [0, 0.1) is 19.7 Å². The number of halogens is 1. The average molecular weight is 409 g/mol. The predicted molar refractivity (Wildman–Crippen MR) is 105 cm³/mol. The van der Waals surface area contributed by atoms with Gasteiger partial charge in [0.05, 0.1) is 12.8 Å². The van der Waals surface area contributed by atoms with Gasteiger partial charge in [-0.1, -0.05) is 23.8 Å². The third kappa shape index (κ3) is 6.31. The van der Waals surface area contributed by atoms with E-state index in [0.717, 1.165) is 22.9 Å². The molecular formula is C20H24FNO5S. The molecule has 152 valence electrons. The third-order valence-corrected chi connectivity index (χ3v) is 4.62. The van der Waals surface area contributed by atoms with E-state index in [1.165, 1.54) is 24.0 Å². The number of amides is 1. The van der Waals surface area contributed by atoms with Gasteiger partial charge in [-0.25, -0.2) is 4.39 Å². The largest absolute Gasteiger partial charge is 0.491 e. The van der Waals surface area contributed by atoms with Crippen LogP contribution in [-0.4, -0.2) is 33.8 Å². The average Bonchev–Trinajstić information content (AvgIpc) is 2.59. The Kier molecular flexibility index (Phi) is 7.15. The highest BCUT2D eigenvalue weighted by molar-refractivity contribution is 7.85. The summed E-state index contributed by atoms with van der Waals surface area (Å²) >= 11 is 0. The van der Waals surface area contributed by atoms with Crippen molar-refractivity contribution >= 4 is 21.7 Å². The minimum Gasteiger partial charge on any atom is -0.491 e. The van der Waals surface area contributed by atoms with E-state index in [-0.39, 0.29) is 25.7 Å². The molecule has 0 N–H and O–H groups in total. The van der Waals surface area contributed by atoms with Crippen molar-refractivity contribution in [2.75, 3.05) is 24.4 Å². The van der Waals surface area contributed by atoms with E-state index in [1.807, 2.05) is 19.1 Å². The first-order valence-electron chi connectivity index (χ1n) is 8.68. The van der Waals surface area contributed by atoms with Crippen molar-refractivity contribution in [1.29, 1.82) is 0 Å². The standard InChI is InChI=1S/C20H24FNO5S/c1-14-5-8-20(26-9-10-27-28(4,24)25)17(11-14)13-22(16(3)23)19-12-18(21)7-6-15(19)2/h5-8,11-12H,9-10,13H2,1-4H3. The Morgan fingerprint density at radius 2 is 1.82 bits per heavy atom. The summed E-state index contributed by atoms with van der Waals surface area (Å²) in [5.74, 6) is -0.157. The normalized spacial score (nSPS) is 11.3. The van der Waals surface area contributed by atoms with Crippen LogP contribution in [0.3, 0.4) is 0 Å². The van der Waals surface area contributed by atoms with E-state index in [2.05, 4.69) is 4.18 Å². The molecule has 0 heterocycles. The maximum Gasteiger partial charge on any atom is 0.264 e. The maximum atomic E-state index is 13.7. The Balaban J connectivity index is 2.25. The van der Waals surface area contributed by atoms with Gasteiger partial charge < -0.3 is 9.64 Å². The number of carbonyl (C=O) groups excluding carboxylic acids is 1. The Morgan fingerprint density at radius 3 is 2.46 bits per heavy atom. The van der Waals surface area contributed by atoms with Gasteiger partial charge >= 0.3 is 0 Å². The van der Waals surface area contributed by atoms with Crippen molar-refractivity contribution in [2.45, 2.75) is 27.3 Å². The zero-order chi connectivity index (χ0) is 20.9. The molecule has 6 nitrogen and oxygen atoms in total. The minimum atomic E-state index is -3.54. The van der Waals surface area contributed by atoms with Crippen LogP contribution < -0.4 is 9.64 Å². The van der Waals surface area contributed by atoms with E-state index in [4.69, 9.17) is 4.74 Å². The molecule has 2 rings (SSSR count). The predicted octanol–water partition coefficient (Wildman–Crippen LogP) is 3.35. The highest BCUT2D eigenvalue weighted by Crippen LogP contribution is 2.27. The zero-order valence-corrected chi connectivity index (χ0v) is 17.2. The minimum absolute atomic E-state index is 0.0300. The Bertz CT molecular complexity index is 959. The fourth-order valence-electron chi connectivity index (χ4n) is 2.72. The van der Waals surface area contributed by atoms with Gasteiger partial charge in [-0.3, -0.25) is 8.98 Å². The molecule has 0 aromatic heterocycles. The molecule has 2 aromatic rings. The lowest BCUT2D eigenvalue weighted by atomic mass is 10.1. The summed E-state index contributed by atoms with van der Waals surface area (Å²) in [6, 6.07) is 9.77. The van der Waals surface area contributed by atoms with E-state index < -0.39 is 15.9 Å². The van der Waals surface area contributed by atoms with Crippen LogP contribution in [-0.2, 0) is 25.6 Å². The summed E-state index contributed by atoms with van der Waals surface area (Å²) in [5.41, 5.74) is 2.95. The van der Waals surface area contributed by atoms with Crippen LogP contribution in [0.5, 0.6) is 5.75 Å². The van der Waals surface area contributed by atoms with Crippen LogP contribution in [0.4, 0.5) is 10.1 Å². The molecule has 0 fully saturated rings. The van der Waals surface area contributed by atoms with Crippen LogP contribution >= 0.6 is 0 Å². The summed E-state index contributed by atoms with van der Waals surface area (Å²) in [6.45, 7) is 5.23. The molecule has 0 spiro atoms. The topological polar surface area (TPSA) is 72.9 Å². The summed E-state index contributed by atoms with van der Waals surface area (Å²) in [7, 11) is -3.54. The molecule has 0 unspecified atom stereocenters. The zero-order valence-electron chi connectivity index (χ0n) is 16.4. The molecule has 2 aromatic carbocycles. The molecule has 0 radical (unpaired) electrons. The van der Waals surface area contributed by atoms with Crippen molar-refractivity contribution in [3.8, 4) is 5.75 Å².